The van der Waals surface area contributed by atoms with Gasteiger partial charge in [-0.2, -0.15) is 0 Å². The van der Waals surface area contributed by atoms with Crippen LogP contribution in [-0.2, 0) is 65.4 Å². The van der Waals surface area contributed by atoms with Crippen LogP contribution in [0, 0.1) is 0 Å². The van der Waals surface area contributed by atoms with E-state index in [-0.39, 0.29) is 25.7 Å². The molecule has 0 amide bonds. The maximum absolute atomic E-state index is 13.0. The van der Waals surface area contributed by atoms with E-state index in [9.17, 15) is 43.2 Å². The van der Waals surface area contributed by atoms with Crippen molar-refractivity contribution in [2.45, 2.75) is 354 Å². The number of ether oxygens (including phenoxy) is 4. The van der Waals surface area contributed by atoms with Crippen LogP contribution >= 0.6 is 15.6 Å². The largest absolute Gasteiger partial charge is 0.472 e. The summed E-state index contributed by atoms with van der Waals surface area (Å²) in [5.74, 6) is -2.15. The molecule has 0 radical (unpaired) electrons. The number of aliphatic hydroxyl groups excluding tert-OH is 1. The highest BCUT2D eigenvalue weighted by atomic mass is 31.2. The van der Waals surface area contributed by atoms with Crippen molar-refractivity contribution in [1.29, 1.82) is 0 Å². The molecule has 0 aliphatic heterocycles. The van der Waals surface area contributed by atoms with Crippen LogP contribution in [0.3, 0.4) is 0 Å². The minimum Gasteiger partial charge on any atom is -0.462 e. The number of unbranched alkanes of at least 4 members (excludes halogenated alkanes) is 40. The molecule has 19 heteroatoms. The quantitative estimate of drug-likeness (QED) is 0.0222. The lowest BCUT2D eigenvalue weighted by atomic mass is 10.0. The Hall–Kier alpha value is -1.94. The lowest BCUT2D eigenvalue weighted by Gasteiger charge is -2.21. The zero-order chi connectivity index (χ0) is 61.9. The number of esters is 4. The third-order valence-corrected chi connectivity index (χ3v) is 17.0. The van der Waals surface area contributed by atoms with Crippen molar-refractivity contribution in [2.24, 2.45) is 0 Å². The van der Waals surface area contributed by atoms with Gasteiger partial charge in [0.1, 0.15) is 19.3 Å². The molecule has 498 valence electrons. The van der Waals surface area contributed by atoms with E-state index in [1.807, 2.05) is 0 Å². The van der Waals surface area contributed by atoms with E-state index in [4.69, 9.17) is 37.0 Å². The third-order valence-electron chi connectivity index (χ3n) is 15.1. The highest BCUT2D eigenvalue weighted by molar-refractivity contribution is 7.47. The number of carbonyl (C=O) groups is 4. The molecule has 0 fully saturated rings. The minimum absolute atomic E-state index is 0.0992. The molecule has 0 spiro atoms. The van der Waals surface area contributed by atoms with E-state index >= 15 is 0 Å². The number of phosphoric acid groups is 2. The maximum atomic E-state index is 13.0. The molecule has 0 aliphatic carbocycles. The van der Waals surface area contributed by atoms with Crippen molar-refractivity contribution in [1.82, 2.24) is 0 Å². The van der Waals surface area contributed by atoms with Gasteiger partial charge in [-0.1, -0.05) is 285 Å². The molecule has 3 N–H and O–H groups in total. The monoisotopic (exact) mass is 1240 g/mol. The number of phosphoric ester groups is 2. The van der Waals surface area contributed by atoms with Crippen molar-refractivity contribution in [3.8, 4) is 0 Å². The molecule has 0 heterocycles. The highest BCUT2D eigenvalue weighted by Gasteiger charge is 2.30. The van der Waals surface area contributed by atoms with Gasteiger partial charge in [0.05, 0.1) is 26.4 Å². The van der Waals surface area contributed by atoms with Crippen LogP contribution in [0.4, 0.5) is 0 Å². The fraction of sp³-hybridized carbons (Fsp3) is 0.938. The number of hydrogen-bond acceptors (Lipinski definition) is 15. The smallest absolute Gasteiger partial charge is 0.462 e. The predicted molar refractivity (Wildman–Crippen MR) is 335 cm³/mol. The van der Waals surface area contributed by atoms with Crippen LogP contribution in [0.2, 0.25) is 0 Å². The number of hydrogen-bond donors (Lipinski definition) is 3. The first kappa shape index (κ1) is 82.1. The molecule has 0 rings (SSSR count). The fourth-order valence-corrected chi connectivity index (χ4v) is 11.4. The standard InChI is InChI=1S/C65H126O17P2/c1-5-9-13-17-19-21-23-25-27-28-29-30-32-34-36-38-40-44-48-52-65(70)82-61(56-76-63(68)50-46-43-39-37-35-33-31-26-24-22-20-18-14-10-6-2)58-80-84(73,74)78-54-59(66)53-77-83(71,72)79-57-60(81-64(69)51-47-42-16-12-8-4)55-75-62(67)49-45-41-15-11-7-3/h59-61,66H,5-58H2,1-4H3,(H,71,72)(H,73,74)/t59-,60+,61+/m0/s1. The molecular formula is C65H126O17P2. The summed E-state index contributed by atoms with van der Waals surface area (Å²) in [5.41, 5.74) is 0. The van der Waals surface area contributed by atoms with E-state index in [1.54, 1.807) is 0 Å². The Morgan fingerprint density at radius 2 is 0.476 bits per heavy atom. The molecule has 2 unspecified atom stereocenters. The SMILES string of the molecule is CCCCCCCCCCCCCCCCCCCCCC(=O)O[C@H](COC(=O)CCCCCCCCCCCCCCCCC)COP(=O)(O)OC[C@@H](O)COP(=O)(O)OC[C@@H](COC(=O)CCCCCCC)OC(=O)CCCCCCC. The lowest BCUT2D eigenvalue weighted by Crippen LogP contribution is -2.30. The second-order valence-electron chi connectivity index (χ2n) is 23.5. The Morgan fingerprint density at radius 3 is 0.702 bits per heavy atom. The zero-order valence-corrected chi connectivity index (χ0v) is 55.7. The van der Waals surface area contributed by atoms with Crippen molar-refractivity contribution in [3.05, 3.63) is 0 Å². The van der Waals surface area contributed by atoms with Gasteiger partial charge in [-0.15, -0.1) is 0 Å². The maximum Gasteiger partial charge on any atom is 0.472 e. The van der Waals surface area contributed by atoms with Crippen molar-refractivity contribution in [2.75, 3.05) is 39.6 Å². The van der Waals surface area contributed by atoms with Gasteiger partial charge in [0.15, 0.2) is 12.2 Å². The van der Waals surface area contributed by atoms with Gasteiger partial charge in [-0.3, -0.25) is 37.3 Å². The first-order valence-corrected chi connectivity index (χ1v) is 37.3. The molecule has 0 aliphatic rings. The van der Waals surface area contributed by atoms with Crippen LogP contribution in [-0.4, -0.2) is 96.7 Å². The Kier molecular flexibility index (Phi) is 58.6. The normalized spacial score (nSPS) is 14.1. The van der Waals surface area contributed by atoms with E-state index < -0.39 is 97.5 Å². The average molecular weight is 1240 g/mol. The highest BCUT2D eigenvalue weighted by Crippen LogP contribution is 2.45. The number of rotatable bonds is 66. The first-order valence-electron chi connectivity index (χ1n) is 34.3. The summed E-state index contributed by atoms with van der Waals surface area (Å²) in [6, 6.07) is 0. The molecule has 0 saturated heterocycles. The summed E-state index contributed by atoms with van der Waals surface area (Å²) < 4.78 is 67.6. The molecule has 84 heavy (non-hydrogen) atoms. The van der Waals surface area contributed by atoms with E-state index in [0.717, 1.165) is 96.3 Å². The van der Waals surface area contributed by atoms with Crippen LogP contribution < -0.4 is 0 Å². The Balaban J connectivity index is 5.07. The van der Waals surface area contributed by atoms with Crippen molar-refractivity contribution < 1.29 is 80.2 Å². The molecule has 0 saturated carbocycles. The second kappa shape index (κ2) is 60.0. The van der Waals surface area contributed by atoms with Gasteiger partial charge in [0.25, 0.3) is 0 Å². The number of carbonyl (C=O) groups excluding carboxylic acids is 4. The average Bonchev–Trinajstić information content (AvgIpc) is 3.60. The van der Waals surface area contributed by atoms with Gasteiger partial charge < -0.3 is 33.8 Å². The van der Waals surface area contributed by atoms with Gasteiger partial charge >= 0.3 is 39.5 Å². The molecule has 0 aromatic heterocycles. The molecule has 0 bridgehead atoms. The summed E-state index contributed by atoms with van der Waals surface area (Å²) in [6.45, 7) is 4.72. The predicted octanol–water partition coefficient (Wildman–Crippen LogP) is 18.3. The third kappa shape index (κ3) is 59.0. The van der Waals surface area contributed by atoms with E-state index in [1.165, 1.54) is 161 Å². The zero-order valence-electron chi connectivity index (χ0n) is 53.9. The molecule has 5 atom stereocenters. The van der Waals surface area contributed by atoms with Crippen LogP contribution in [0.15, 0.2) is 0 Å². The van der Waals surface area contributed by atoms with Gasteiger partial charge in [-0.05, 0) is 25.7 Å². The van der Waals surface area contributed by atoms with E-state index in [0.29, 0.717) is 25.7 Å². The summed E-state index contributed by atoms with van der Waals surface area (Å²) in [7, 11) is -9.87. The molecule has 0 aromatic carbocycles. The van der Waals surface area contributed by atoms with Crippen molar-refractivity contribution >= 4 is 39.5 Å². The Bertz CT molecular complexity index is 1620. The summed E-state index contributed by atoms with van der Waals surface area (Å²) in [5, 5.41) is 10.5. The lowest BCUT2D eigenvalue weighted by molar-refractivity contribution is -0.161. The van der Waals surface area contributed by atoms with Gasteiger partial charge in [0, 0.05) is 25.7 Å². The van der Waals surface area contributed by atoms with E-state index in [2.05, 4.69) is 27.7 Å². The summed E-state index contributed by atoms with van der Waals surface area (Å²) >= 11 is 0. The molecule has 0 aromatic rings. The Morgan fingerprint density at radius 1 is 0.286 bits per heavy atom. The topological polar surface area (TPSA) is 237 Å². The summed E-state index contributed by atoms with van der Waals surface area (Å²) in [6.07, 6.45) is 46.8. The second-order valence-corrected chi connectivity index (χ2v) is 26.4. The number of aliphatic hydroxyl groups is 1. The summed E-state index contributed by atoms with van der Waals surface area (Å²) in [4.78, 5) is 71.7. The van der Waals surface area contributed by atoms with Crippen LogP contribution in [0.25, 0.3) is 0 Å². The Labute approximate surface area is 511 Å². The van der Waals surface area contributed by atoms with Gasteiger partial charge in [-0.25, -0.2) is 9.13 Å². The molecule has 17 nitrogen and oxygen atoms in total. The first-order chi connectivity index (χ1) is 40.7. The fourth-order valence-electron chi connectivity index (χ4n) is 9.81. The van der Waals surface area contributed by atoms with Crippen LogP contribution in [0.1, 0.15) is 336 Å². The minimum atomic E-state index is -4.94. The molecular weight excluding hydrogens is 1110 g/mol. The van der Waals surface area contributed by atoms with Crippen LogP contribution in [0.5, 0.6) is 0 Å². The van der Waals surface area contributed by atoms with Gasteiger partial charge in [0.2, 0.25) is 0 Å². The van der Waals surface area contributed by atoms with Crippen molar-refractivity contribution in [3.63, 3.8) is 0 Å².